The lowest BCUT2D eigenvalue weighted by molar-refractivity contribution is -0.342. The van der Waals surface area contributed by atoms with Crippen molar-refractivity contribution < 1.29 is 38.0 Å². The SMILES string of the molecule is CCN(CCCCCCOC1OC2COC(c3ccccc3)O[C@@H]2C(OC(C)=O)C1N=[N+]=[N-])C(=O)OCc1ccccc1. The van der Waals surface area contributed by atoms with Crippen molar-refractivity contribution in [2.45, 2.75) is 83.1 Å². The van der Waals surface area contributed by atoms with Gasteiger partial charge < -0.3 is 33.3 Å². The number of rotatable bonds is 14. The van der Waals surface area contributed by atoms with Crippen LogP contribution in [-0.4, -0.2) is 73.9 Å². The van der Waals surface area contributed by atoms with Crippen LogP contribution in [0.4, 0.5) is 4.79 Å². The number of hydrogen-bond acceptors (Lipinski definition) is 9. The lowest BCUT2D eigenvalue weighted by Gasteiger charge is -2.47. The third kappa shape index (κ3) is 9.41. The lowest BCUT2D eigenvalue weighted by Crippen LogP contribution is -2.62. The van der Waals surface area contributed by atoms with Gasteiger partial charge in [0, 0.05) is 37.1 Å². The van der Waals surface area contributed by atoms with Crippen LogP contribution >= 0.6 is 0 Å². The zero-order valence-electron chi connectivity index (χ0n) is 24.7. The Kier molecular flexibility index (Phi) is 12.6. The first-order chi connectivity index (χ1) is 21.0. The summed E-state index contributed by atoms with van der Waals surface area (Å²) in [5.41, 5.74) is 11.0. The Hall–Kier alpha value is -3.67. The molecule has 2 aliphatic heterocycles. The second-order valence-electron chi connectivity index (χ2n) is 10.4. The van der Waals surface area contributed by atoms with E-state index in [-0.39, 0.29) is 19.3 Å². The molecule has 12 nitrogen and oxygen atoms in total. The number of amides is 1. The van der Waals surface area contributed by atoms with Gasteiger partial charge in [0.15, 0.2) is 12.6 Å². The minimum atomic E-state index is -0.940. The summed E-state index contributed by atoms with van der Waals surface area (Å²) in [5.74, 6) is -0.529. The Labute approximate surface area is 251 Å². The monoisotopic (exact) mass is 596 g/mol. The van der Waals surface area contributed by atoms with Gasteiger partial charge in [-0.05, 0) is 30.9 Å². The highest BCUT2D eigenvalue weighted by atomic mass is 16.8. The number of benzene rings is 2. The van der Waals surface area contributed by atoms with Crippen molar-refractivity contribution in [2.24, 2.45) is 5.11 Å². The molecule has 6 atom stereocenters. The first-order valence-corrected chi connectivity index (χ1v) is 14.8. The van der Waals surface area contributed by atoms with Crippen LogP contribution in [0, 0.1) is 0 Å². The van der Waals surface area contributed by atoms with Crippen molar-refractivity contribution in [3.05, 3.63) is 82.2 Å². The zero-order valence-corrected chi connectivity index (χ0v) is 24.7. The molecule has 4 rings (SSSR count). The summed E-state index contributed by atoms with van der Waals surface area (Å²) in [7, 11) is 0. The maximum Gasteiger partial charge on any atom is 0.410 e. The van der Waals surface area contributed by atoms with Crippen molar-refractivity contribution in [3.8, 4) is 0 Å². The molecule has 2 aliphatic rings. The maximum atomic E-state index is 12.4. The van der Waals surface area contributed by atoms with Gasteiger partial charge in [-0.1, -0.05) is 78.6 Å². The third-order valence-corrected chi connectivity index (χ3v) is 7.32. The Morgan fingerprint density at radius 3 is 2.44 bits per heavy atom. The van der Waals surface area contributed by atoms with Crippen molar-refractivity contribution in [3.63, 3.8) is 0 Å². The normalized spacial score (nSPS) is 24.7. The zero-order chi connectivity index (χ0) is 30.4. The highest BCUT2D eigenvalue weighted by Crippen LogP contribution is 2.36. The summed E-state index contributed by atoms with van der Waals surface area (Å²) in [5, 5.41) is 3.88. The number of carbonyl (C=O) groups excluding carboxylic acids is 2. The number of ether oxygens (including phenoxy) is 6. The van der Waals surface area contributed by atoms with E-state index < -0.39 is 42.9 Å². The summed E-state index contributed by atoms with van der Waals surface area (Å²) < 4.78 is 35.2. The van der Waals surface area contributed by atoms with E-state index in [1.165, 1.54) is 6.92 Å². The molecule has 0 N–H and O–H groups in total. The van der Waals surface area contributed by atoms with Crippen molar-refractivity contribution in [1.82, 2.24) is 4.90 Å². The number of azide groups is 1. The van der Waals surface area contributed by atoms with Crippen LogP contribution in [0.25, 0.3) is 10.4 Å². The van der Waals surface area contributed by atoms with Crippen LogP contribution in [0.15, 0.2) is 65.8 Å². The average Bonchev–Trinajstić information content (AvgIpc) is 3.03. The molecule has 5 unspecified atom stereocenters. The number of esters is 1. The molecule has 2 aromatic carbocycles. The van der Waals surface area contributed by atoms with Gasteiger partial charge in [0.1, 0.15) is 31.0 Å². The molecule has 2 aromatic rings. The predicted molar refractivity (Wildman–Crippen MR) is 155 cm³/mol. The number of unbranched alkanes of at least 4 members (excludes halogenated alkanes) is 3. The van der Waals surface area contributed by atoms with Crippen LogP contribution in [0.3, 0.4) is 0 Å². The summed E-state index contributed by atoms with van der Waals surface area (Å²) in [6, 6.07) is 18.1. The molecule has 0 aliphatic carbocycles. The van der Waals surface area contributed by atoms with Gasteiger partial charge in [0.2, 0.25) is 0 Å². The van der Waals surface area contributed by atoms with E-state index >= 15 is 0 Å². The maximum absolute atomic E-state index is 12.4. The summed E-state index contributed by atoms with van der Waals surface area (Å²) in [6.07, 6.45) is -0.831. The molecule has 0 spiro atoms. The molecule has 2 fully saturated rings. The van der Waals surface area contributed by atoms with Crippen LogP contribution < -0.4 is 0 Å². The molecule has 0 radical (unpaired) electrons. The third-order valence-electron chi connectivity index (χ3n) is 7.32. The predicted octanol–water partition coefficient (Wildman–Crippen LogP) is 5.67. The van der Waals surface area contributed by atoms with Gasteiger partial charge in [0.05, 0.1) is 6.61 Å². The van der Waals surface area contributed by atoms with Crippen molar-refractivity contribution in [1.29, 1.82) is 0 Å². The van der Waals surface area contributed by atoms with Crippen molar-refractivity contribution >= 4 is 12.1 Å². The number of hydrogen-bond donors (Lipinski definition) is 0. The quantitative estimate of drug-likeness (QED) is 0.0893. The fourth-order valence-electron chi connectivity index (χ4n) is 5.13. The fraction of sp³-hybridized carbons (Fsp3) is 0.548. The van der Waals surface area contributed by atoms with Crippen LogP contribution in [0.2, 0.25) is 0 Å². The van der Waals surface area contributed by atoms with E-state index in [9.17, 15) is 15.1 Å². The van der Waals surface area contributed by atoms with Gasteiger partial charge in [-0.2, -0.15) is 0 Å². The number of fused-ring (bicyclic) bond motifs is 1. The van der Waals surface area contributed by atoms with Gasteiger partial charge in [-0.3, -0.25) is 4.79 Å². The Morgan fingerprint density at radius 2 is 1.74 bits per heavy atom. The summed E-state index contributed by atoms with van der Waals surface area (Å²) >= 11 is 0. The number of nitrogens with zero attached hydrogens (tertiary/aromatic N) is 4. The first-order valence-electron chi connectivity index (χ1n) is 14.8. The molecule has 232 valence electrons. The molecular weight excluding hydrogens is 556 g/mol. The standard InChI is InChI=1S/C31H40N4O8/c1-3-35(31(37)40-20-23-14-8-6-9-15-23)18-12-4-5-13-19-38-30-26(33-34-32)28(41-22(2)36)27-25(42-30)21-39-29(43-27)24-16-10-7-11-17-24/h6-11,14-17,25-30H,3-5,12-13,18-21H2,1-2H3/t25?,26?,27-,28?,29?,30?/m0/s1. The lowest BCUT2D eigenvalue weighted by atomic mass is 9.96. The summed E-state index contributed by atoms with van der Waals surface area (Å²) in [6.45, 7) is 5.18. The summed E-state index contributed by atoms with van der Waals surface area (Å²) in [4.78, 5) is 29.1. The Morgan fingerprint density at radius 1 is 1.02 bits per heavy atom. The Balaban J connectivity index is 1.23. The minimum Gasteiger partial charge on any atom is -0.459 e. The fourth-order valence-corrected chi connectivity index (χ4v) is 5.13. The molecule has 43 heavy (non-hydrogen) atoms. The molecule has 1 amide bonds. The van der Waals surface area contributed by atoms with Crippen LogP contribution in [0.5, 0.6) is 0 Å². The Bertz CT molecular complexity index is 1200. The molecule has 0 saturated carbocycles. The van der Waals surface area contributed by atoms with Crippen LogP contribution in [-0.2, 0) is 39.8 Å². The molecule has 0 bridgehead atoms. The van der Waals surface area contributed by atoms with Crippen LogP contribution in [0.1, 0.15) is 56.9 Å². The molecule has 2 heterocycles. The largest absolute Gasteiger partial charge is 0.459 e. The second-order valence-corrected chi connectivity index (χ2v) is 10.4. The molecule has 2 saturated heterocycles. The van der Waals surface area contributed by atoms with E-state index in [0.29, 0.717) is 19.7 Å². The van der Waals surface area contributed by atoms with E-state index in [1.807, 2.05) is 67.6 Å². The van der Waals surface area contributed by atoms with Crippen molar-refractivity contribution in [2.75, 3.05) is 26.3 Å². The second kappa shape index (κ2) is 16.8. The molecule has 12 heteroatoms. The average molecular weight is 597 g/mol. The van der Waals surface area contributed by atoms with E-state index in [2.05, 4.69) is 10.0 Å². The van der Waals surface area contributed by atoms with Gasteiger partial charge in [-0.25, -0.2) is 4.79 Å². The molecular formula is C31H40N4O8. The first kappa shape index (κ1) is 32.2. The highest BCUT2D eigenvalue weighted by Gasteiger charge is 2.52. The van der Waals surface area contributed by atoms with Gasteiger partial charge in [-0.15, -0.1) is 0 Å². The molecule has 0 aromatic heterocycles. The van der Waals surface area contributed by atoms with E-state index in [0.717, 1.165) is 36.8 Å². The smallest absolute Gasteiger partial charge is 0.410 e. The number of carbonyl (C=O) groups is 2. The van der Waals surface area contributed by atoms with Gasteiger partial charge in [0.25, 0.3) is 0 Å². The highest BCUT2D eigenvalue weighted by molar-refractivity contribution is 5.67. The topological polar surface area (TPSA) is 142 Å². The van der Waals surface area contributed by atoms with E-state index in [1.54, 1.807) is 4.90 Å². The van der Waals surface area contributed by atoms with E-state index in [4.69, 9.17) is 28.4 Å². The minimum absolute atomic E-state index is 0.187. The van der Waals surface area contributed by atoms with Gasteiger partial charge >= 0.3 is 12.1 Å².